The molecule has 4 saturated carbocycles. The molecule has 1 aliphatic heterocycles. The van der Waals surface area contributed by atoms with Gasteiger partial charge in [-0.3, -0.25) is 20.4 Å². The third kappa shape index (κ3) is 3.20. The monoisotopic (exact) mass is 348 g/mol. The summed E-state index contributed by atoms with van der Waals surface area (Å²) in [5.74, 6) is 1.94. The van der Waals surface area contributed by atoms with Crippen molar-refractivity contribution in [2.24, 2.45) is 28.9 Å². The molecule has 0 aromatic carbocycles. The highest BCUT2D eigenvalue weighted by atomic mass is 16.2. The number of nitrogens with zero attached hydrogens (tertiary/aromatic N) is 1. The van der Waals surface area contributed by atoms with Crippen LogP contribution in [0.1, 0.15) is 57.8 Å². The highest BCUT2D eigenvalue weighted by molar-refractivity contribution is 5.89. The summed E-state index contributed by atoms with van der Waals surface area (Å²) in [7, 11) is 0. The molecule has 7 nitrogen and oxygen atoms in total. The van der Waals surface area contributed by atoms with Gasteiger partial charge in [0.05, 0.1) is 0 Å². The fraction of sp³-hybridized carbons (Fsp3) is 0.833. The first-order valence-corrected chi connectivity index (χ1v) is 9.59. The SMILES string of the molecule is NC(=O)N1CCC[C@H]1C(=O)NNC(=O)CC12CC3CC(CC(C3)C1)C2. The van der Waals surface area contributed by atoms with Crippen LogP contribution < -0.4 is 16.6 Å². The summed E-state index contributed by atoms with van der Waals surface area (Å²) in [5.41, 5.74) is 10.5. The molecule has 5 aliphatic rings. The molecular weight excluding hydrogens is 320 g/mol. The van der Waals surface area contributed by atoms with Gasteiger partial charge in [-0.25, -0.2) is 4.79 Å². The van der Waals surface area contributed by atoms with E-state index >= 15 is 0 Å². The zero-order valence-corrected chi connectivity index (χ0v) is 14.6. The maximum absolute atomic E-state index is 12.4. The molecule has 5 fully saturated rings. The molecule has 25 heavy (non-hydrogen) atoms. The van der Waals surface area contributed by atoms with Crippen LogP contribution in [0.2, 0.25) is 0 Å². The van der Waals surface area contributed by atoms with Crippen LogP contribution in [0, 0.1) is 23.2 Å². The average molecular weight is 348 g/mol. The number of nitrogens with one attached hydrogen (secondary N) is 2. The van der Waals surface area contributed by atoms with Crippen molar-refractivity contribution in [2.45, 2.75) is 63.8 Å². The number of hydrogen-bond donors (Lipinski definition) is 3. The highest BCUT2D eigenvalue weighted by Crippen LogP contribution is 2.61. The molecule has 4 aliphatic carbocycles. The second kappa shape index (κ2) is 6.18. The van der Waals surface area contributed by atoms with Crippen LogP contribution >= 0.6 is 0 Å². The summed E-state index contributed by atoms with van der Waals surface area (Å²) in [6.45, 7) is 0.495. The Balaban J connectivity index is 1.30. The number of hydrazine groups is 1. The number of likely N-dealkylation sites (tertiary alicyclic amines) is 1. The van der Waals surface area contributed by atoms with Gasteiger partial charge in [-0.15, -0.1) is 0 Å². The first kappa shape index (κ1) is 16.7. The Labute approximate surface area is 148 Å². The van der Waals surface area contributed by atoms with Gasteiger partial charge in [-0.2, -0.15) is 0 Å². The Morgan fingerprint density at radius 1 is 1.00 bits per heavy atom. The van der Waals surface area contributed by atoms with Gasteiger partial charge in [0.2, 0.25) is 5.91 Å². The van der Waals surface area contributed by atoms with Crippen molar-refractivity contribution in [3.05, 3.63) is 0 Å². The molecule has 0 aromatic heterocycles. The predicted octanol–water partition coefficient (Wildman–Crippen LogP) is 1.28. The second-order valence-electron chi connectivity index (χ2n) is 8.82. The quantitative estimate of drug-likeness (QED) is 0.669. The van der Waals surface area contributed by atoms with Crippen molar-refractivity contribution in [3.63, 3.8) is 0 Å². The molecule has 0 unspecified atom stereocenters. The third-order valence-electron chi connectivity index (χ3n) is 6.86. The van der Waals surface area contributed by atoms with E-state index in [4.69, 9.17) is 5.73 Å². The summed E-state index contributed by atoms with van der Waals surface area (Å²) in [6.07, 6.45) is 9.38. The maximum Gasteiger partial charge on any atom is 0.315 e. The van der Waals surface area contributed by atoms with Crippen molar-refractivity contribution in [2.75, 3.05) is 6.54 Å². The lowest BCUT2D eigenvalue weighted by Crippen LogP contribution is -2.54. The molecule has 0 spiro atoms. The zero-order valence-electron chi connectivity index (χ0n) is 14.6. The van der Waals surface area contributed by atoms with Gasteiger partial charge in [0, 0.05) is 13.0 Å². The number of carbonyl (C=O) groups is 3. The number of hydrogen-bond acceptors (Lipinski definition) is 3. The van der Waals surface area contributed by atoms with Crippen LogP contribution in [0.15, 0.2) is 0 Å². The van der Waals surface area contributed by atoms with Crippen LogP contribution in [-0.4, -0.2) is 35.3 Å². The van der Waals surface area contributed by atoms with E-state index in [2.05, 4.69) is 10.9 Å². The van der Waals surface area contributed by atoms with Crippen LogP contribution in [0.25, 0.3) is 0 Å². The summed E-state index contributed by atoms with van der Waals surface area (Å²) < 4.78 is 0. The number of primary amides is 1. The molecular formula is C18H28N4O3. The Kier molecular flexibility index (Phi) is 4.12. The fourth-order valence-corrected chi connectivity index (χ4v) is 6.41. The van der Waals surface area contributed by atoms with Crippen LogP contribution in [0.4, 0.5) is 4.79 Å². The van der Waals surface area contributed by atoms with Crippen molar-refractivity contribution in [1.29, 1.82) is 0 Å². The number of rotatable bonds is 3. The average Bonchev–Trinajstić information content (AvgIpc) is 3.00. The normalized spacial score (nSPS) is 38.6. The standard InChI is InChI=1S/C18H28N4O3/c19-17(25)22-3-1-2-14(22)16(24)21-20-15(23)10-18-7-11-4-12(8-18)6-13(5-11)9-18/h11-14H,1-10H2,(H2,19,25)(H,20,23)(H,21,24)/t11?,12?,13?,14-,18?/m0/s1. The number of amides is 4. The van der Waals surface area contributed by atoms with Crippen molar-refractivity contribution in [1.82, 2.24) is 15.8 Å². The van der Waals surface area contributed by atoms with Gasteiger partial charge in [0.25, 0.3) is 5.91 Å². The van der Waals surface area contributed by atoms with Crippen molar-refractivity contribution in [3.8, 4) is 0 Å². The molecule has 4 amide bonds. The van der Waals surface area contributed by atoms with Crippen LogP contribution in [0.5, 0.6) is 0 Å². The van der Waals surface area contributed by atoms with Gasteiger partial charge in [0.15, 0.2) is 0 Å². The highest BCUT2D eigenvalue weighted by Gasteiger charge is 2.51. The first-order chi connectivity index (χ1) is 11.9. The van der Waals surface area contributed by atoms with E-state index in [0.29, 0.717) is 19.4 Å². The molecule has 1 heterocycles. The van der Waals surface area contributed by atoms with Gasteiger partial charge in [-0.1, -0.05) is 0 Å². The molecule has 4 bridgehead atoms. The molecule has 138 valence electrons. The minimum absolute atomic E-state index is 0.112. The minimum Gasteiger partial charge on any atom is -0.351 e. The first-order valence-electron chi connectivity index (χ1n) is 9.59. The Bertz CT molecular complexity index is 556. The molecule has 4 N–H and O–H groups in total. The van der Waals surface area contributed by atoms with E-state index < -0.39 is 12.1 Å². The Hall–Kier alpha value is -1.79. The summed E-state index contributed by atoms with van der Waals surface area (Å²) >= 11 is 0. The Morgan fingerprint density at radius 2 is 1.60 bits per heavy atom. The van der Waals surface area contributed by atoms with E-state index in [1.54, 1.807) is 0 Å². The van der Waals surface area contributed by atoms with E-state index in [1.165, 1.54) is 43.4 Å². The summed E-state index contributed by atoms with van der Waals surface area (Å²) in [4.78, 5) is 37.4. The van der Waals surface area contributed by atoms with E-state index in [1.807, 2.05) is 0 Å². The third-order valence-corrected chi connectivity index (χ3v) is 6.86. The topological polar surface area (TPSA) is 105 Å². The lowest BCUT2D eigenvalue weighted by Gasteiger charge is -2.56. The zero-order chi connectivity index (χ0) is 17.6. The smallest absolute Gasteiger partial charge is 0.315 e. The van der Waals surface area contributed by atoms with Crippen molar-refractivity contribution < 1.29 is 14.4 Å². The van der Waals surface area contributed by atoms with E-state index in [-0.39, 0.29) is 17.2 Å². The minimum atomic E-state index is -0.586. The van der Waals surface area contributed by atoms with E-state index in [0.717, 1.165) is 24.2 Å². The number of nitrogens with two attached hydrogens (primary N) is 1. The lowest BCUT2D eigenvalue weighted by atomic mass is 9.49. The van der Waals surface area contributed by atoms with Gasteiger partial charge in [-0.05, 0) is 74.5 Å². The Morgan fingerprint density at radius 3 is 2.16 bits per heavy atom. The molecule has 5 rings (SSSR count). The molecule has 1 saturated heterocycles. The van der Waals surface area contributed by atoms with Crippen LogP contribution in [-0.2, 0) is 9.59 Å². The maximum atomic E-state index is 12.4. The van der Waals surface area contributed by atoms with Gasteiger partial charge >= 0.3 is 6.03 Å². The van der Waals surface area contributed by atoms with Gasteiger partial charge in [0.1, 0.15) is 6.04 Å². The summed E-state index contributed by atoms with van der Waals surface area (Å²) in [6, 6.07) is -1.16. The summed E-state index contributed by atoms with van der Waals surface area (Å²) in [5, 5.41) is 0. The molecule has 7 heteroatoms. The largest absolute Gasteiger partial charge is 0.351 e. The van der Waals surface area contributed by atoms with Crippen LogP contribution in [0.3, 0.4) is 0 Å². The lowest BCUT2D eigenvalue weighted by molar-refractivity contribution is -0.135. The molecule has 1 atom stereocenters. The second-order valence-corrected chi connectivity index (χ2v) is 8.82. The molecule has 0 radical (unpaired) electrons. The predicted molar refractivity (Wildman–Crippen MR) is 90.8 cm³/mol. The number of urea groups is 1. The molecule has 0 aromatic rings. The van der Waals surface area contributed by atoms with Gasteiger partial charge < -0.3 is 10.6 Å². The fourth-order valence-electron chi connectivity index (χ4n) is 6.41. The number of carbonyl (C=O) groups excluding carboxylic acids is 3. The van der Waals surface area contributed by atoms with E-state index in [9.17, 15) is 14.4 Å². The van der Waals surface area contributed by atoms with Crippen molar-refractivity contribution >= 4 is 17.8 Å².